The van der Waals surface area contributed by atoms with E-state index < -0.39 is 5.82 Å². The quantitative estimate of drug-likeness (QED) is 0.735. The molecule has 1 aliphatic rings. The van der Waals surface area contributed by atoms with E-state index in [1.807, 2.05) is 11.4 Å². The van der Waals surface area contributed by atoms with Crippen molar-refractivity contribution in [3.8, 4) is 0 Å². The van der Waals surface area contributed by atoms with Gasteiger partial charge in [-0.3, -0.25) is 14.4 Å². The average molecular weight is 418 g/mol. The van der Waals surface area contributed by atoms with Crippen molar-refractivity contribution in [1.82, 2.24) is 15.1 Å². The highest BCUT2D eigenvalue weighted by Crippen LogP contribution is 2.13. The van der Waals surface area contributed by atoms with Crippen LogP contribution in [-0.4, -0.2) is 60.2 Å². The number of hydrogen-bond acceptors (Lipinski definition) is 4. The second-order valence-electron chi connectivity index (χ2n) is 6.84. The van der Waals surface area contributed by atoms with Crippen molar-refractivity contribution in [3.63, 3.8) is 0 Å². The Kier molecular flexibility index (Phi) is 7.35. The number of carbonyl (C=O) groups excluding carboxylic acids is 3. The van der Waals surface area contributed by atoms with E-state index in [1.165, 1.54) is 23.5 Å². The zero-order chi connectivity index (χ0) is 20.6. The molecule has 1 aliphatic heterocycles. The molecule has 1 aromatic carbocycles. The third kappa shape index (κ3) is 5.63. The third-order valence-corrected chi connectivity index (χ3v) is 5.71. The number of nitrogens with one attached hydrogen (secondary N) is 1. The Bertz CT molecular complexity index is 857. The number of benzene rings is 1. The Morgan fingerprint density at radius 1 is 1.00 bits per heavy atom. The molecule has 2 aromatic rings. The lowest BCUT2D eigenvalue weighted by molar-refractivity contribution is -0.131. The first kappa shape index (κ1) is 21.0. The van der Waals surface area contributed by atoms with Crippen LogP contribution in [0.1, 0.15) is 39.3 Å². The molecular weight excluding hydrogens is 393 g/mol. The van der Waals surface area contributed by atoms with E-state index in [2.05, 4.69) is 5.32 Å². The van der Waals surface area contributed by atoms with Crippen molar-refractivity contribution in [2.75, 3.05) is 32.7 Å². The molecule has 29 heavy (non-hydrogen) atoms. The average Bonchev–Trinajstić information content (AvgIpc) is 3.15. The minimum Gasteiger partial charge on any atom is -0.351 e. The molecule has 0 spiro atoms. The van der Waals surface area contributed by atoms with Crippen molar-refractivity contribution in [1.29, 1.82) is 0 Å². The molecule has 154 valence electrons. The van der Waals surface area contributed by atoms with Gasteiger partial charge in [0.1, 0.15) is 5.82 Å². The molecule has 6 nitrogen and oxygen atoms in total. The standard InChI is InChI=1S/C21H24FN3O3S/c22-17-7-2-1-6-16(17)21(28)25-12-5-11-24(13-14-25)19(26)9-3-10-23-20(27)18-8-4-15-29-18/h1-2,4,6-8,15H,3,5,9-14H2,(H,23,27). The van der Waals surface area contributed by atoms with Gasteiger partial charge in [-0.15, -0.1) is 11.3 Å². The molecule has 1 fully saturated rings. The van der Waals surface area contributed by atoms with Gasteiger partial charge in [-0.25, -0.2) is 4.39 Å². The Morgan fingerprint density at radius 2 is 1.76 bits per heavy atom. The molecule has 0 saturated carbocycles. The van der Waals surface area contributed by atoms with Crippen LogP contribution in [0.4, 0.5) is 4.39 Å². The van der Waals surface area contributed by atoms with E-state index in [-0.39, 0.29) is 23.3 Å². The number of hydrogen-bond donors (Lipinski definition) is 1. The van der Waals surface area contributed by atoms with E-state index in [9.17, 15) is 18.8 Å². The van der Waals surface area contributed by atoms with Crippen molar-refractivity contribution in [2.24, 2.45) is 0 Å². The van der Waals surface area contributed by atoms with Gasteiger partial charge in [0.15, 0.2) is 0 Å². The maximum Gasteiger partial charge on any atom is 0.261 e. The molecule has 1 saturated heterocycles. The van der Waals surface area contributed by atoms with Gasteiger partial charge < -0.3 is 15.1 Å². The summed E-state index contributed by atoms with van der Waals surface area (Å²) in [6.07, 6.45) is 1.55. The highest BCUT2D eigenvalue weighted by molar-refractivity contribution is 7.12. The Hall–Kier alpha value is -2.74. The summed E-state index contributed by atoms with van der Waals surface area (Å²) in [6, 6.07) is 9.53. The minimum absolute atomic E-state index is 0.00978. The third-order valence-electron chi connectivity index (χ3n) is 4.84. The fourth-order valence-corrected chi connectivity index (χ4v) is 3.91. The molecule has 3 rings (SSSR count). The maximum absolute atomic E-state index is 13.9. The first-order chi connectivity index (χ1) is 14.1. The first-order valence-corrected chi connectivity index (χ1v) is 10.6. The lowest BCUT2D eigenvalue weighted by Crippen LogP contribution is -2.37. The molecule has 1 N–H and O–H groups in total. The van der Waals surface area contributed by atoms with Crippen LogP contribution in [0.3, 0.4) is 0 Å². The zero-order valence-corrected chi connectivity index (χ0v) is 16.9. The largest absolute Gasteiger partial charge is 0.351 e. The Morgan fingerprint density at radius 3 is 2.52 bits per heavy atom. The number of nitrogens with zero attached hydrogens (tertiary/aromatic N) is 2. The number of amides is 3. The molecule has 0 atom stereocenters. The Balaban J connectivity index is 1.43. The van der Waals surface area contributed by atoms with Crippen LogP contribution in [0.25, 0.3) is 0 Å². The molecule has 1 aromatic heterocycles. The summed E-state index contributed by atoms with van der Waals surface area (Å²) in [5.74, 6) is -0.979. The van der Waals surface area contributed by atoms with Gasteiger partial charge in [0, 0.05) is 39.1 Å². The highest BCUT2D eigenvalue weighted by Gasteiger charge is 2.24. The molecule has 0 radical (unpaired) electrons. The lowest BCUT2D eigenvalue weighted by Gasteiger charge is -2.22. The molecule has 3 amide bonds. The topological polar surface area (TPSA) is 69.7 Å². The number of carbonyl (C=O) groups is 3. The summed E-state index contributed by atoms with van der Waals surface area (Å²) in [7, 11) is 0. The van der Waals surface area contributed by atoms with Crippen molar-refractivity contribution >= 4 is 29.1 Å². The molecule has 0 aliphatic carbocycles. The van der Waals surface area contributed by atoms with Crippen LogP contribution < -0.4 is 5.32 Å². The van der Waals surface area contributed by atoms with E-state index in [4.69, 9.17) is 0 Å². The number of halogens is 1. The van der Waals surface area contributed by atoms with Gasteiger partial charge in [0.2, 0.25) is 5.91 Å². The molecule has 2 heterocycles. The van der Waals surface area contributed by atoms with Crippen LogP contribution in [0, 0.1) is 5.82 Å². The van der Waals surface area contributed by atoms with E-state index in [0.29, 0.717) is 56.9 Å². The van der Waals surface area contributed by atoms with Gasteiger partial charge in [0.25, 0.3) is 11.8 Å². The van der Waals surface area contributed by atoms with Gasteiger partial charge in [-0.2, -0.15) is 0 Å². The van der Waals surface area contributed by atoms with E-state index in [1.54, 1.807) is 28.0 Å². The van der Waals surface area contributed by atoms with Crippen LogP contribution in [0.15, 0.2) is 41.8 Å². The van der Waals surface area contributed by atoms with Gasteiger partial charge in [0.05, 0.1) is 10.4 Å². The maximum atomic E-state index is 13.9. The zero-order valence-electron chi connectivity index (χ0n) is 16.1. The Labute approximate surface area is 173 Å². The highest BCUT2D eigenvalue weighted by atomic mass is 32.1. The summed E-state index contributed by atoms with van der Waals surface area (Å²) in [6.45, 7) is 2.32. The fourth-order valence-electron chi connectivity index (χ4n) is 3.27. The van der Waals surface area contributed by atoms with Crippen molar-refractivity contribution < 1.29 is 18.8 Å². The van der Waals surface area contributed by atoms with Crippen LogP contribution >= 0.6 is 11.3 Å². The van der Waals surface area contributed by atoms with Gasteiger partial charge in [-0.05, 0) is 36.4 Å². The van der Waals surface area contributed by atoms with Crippen molar-refractivity contribution in [3.05, 3.63) is 58.0 Å². The van der Waals surface area contributed by atoms with Crippen LogP contribution in [0.5, 0.6) is 0 Å². The summed E-state index contributed by atoms with van der Waals surface area (Å²) in [5, 5.41) is 4.66. The summed E-state index contributed by atoms with van der Waals surface area (Å²) >= 11 is 1.38. The van der Waals surface area contributed by atoms with E-state index in [0.717, 1.165) is 0 Å². The number of thiophene rings is 1. The van der Waals surface area contributed by atoms with Crippen LogP contribution in [-0.2, 0) is 4.79 Å². The van der Waals surface area contributed by atoms with E-state index >= 15 is 0 Å². The predicted molar refractivity (Wildman–Crippen MR) is 109 cm³/mol. The lowest BCUT2D eigenvalue weighted by atomic mass is 10.2. The monoisotopic (exact) mass is 417 g/mol. The number of rotatable bonds is 6. The normalized spacial score (nSPS) is 14.4. The SMILES string of the molecule is O=C(NCCCC(=O)N1CCCN(C(=O)c2ccccc2F)CC1)c1cccs1. The molecular formula is C21H24FN3O3S. The summed E-state index contributed by atoms with van der Waals surface area (Å²) in [5.41, 5.74) is 0.0637. The van der Waals surface area contributed by atoms with Gasteiger partial charge in [-0.1, -0.05) is 18.2 Å². The van der Waals surface area contributed by atoms with Crippen LogP contribution in [0.2, 0.25) is 0 Å². The first-order valence-electron chi connectivity index (χ1n) is 9.69. The van der Waals surface area contributed by atoms with Gasteiger partial charge >= 0.3 is 0 Å². The second-order valence-corrected chi connectivity index (χ2v) is 7.79. The summed E-state index contributed by atoms with van der Waals surface area (Å²) in [4.78, 5) is 40.9. The fraction of sp³-hybridized carbons (Fsp3) is 0.381. The second kappa shape index (κ2) is 10.2. The molecule has 8 heteroatoms. The predicted octanol–water partition coefficient (Wildman–Crippen LogP) is 2.77. The minimum atomic E-state index is -0.528. The van der Waals surface area contributed by atoms with Crippen molar-refractivity contribution in [2.45, 2.75) is 19.3 Å². The molecule has 0 bridgehead atoms. The smallest absolute Gasteiger partial charge is 0.261 e. The molecule has 0 unspecified atom stereocenters. The summed E-state index contributed by atoms with van der Waals surface area (Å²) < 4.78 is 13.9.